The van der Waals surface area contributed by atoms with Crippen molar-refractivity contribution in [3.63, 3.8) is 0 Å². The van der Waals surface area contributed by atoms with Crippen LogP contribution in [-0.4, -0.2) is 43.9 Å². The van der Waals surface area contributed by atoms with E-state index in [0.29, 0.717) is 52.8 Å². The van der Waals surface area contributed by atoms with Crippen LogP contribution in [0.1, 0.15) is 49.0 Å². The molecule has 36 heavy (non-hydrogen) atoms. The van der Waals surface area contributed by atoms with Gasteiger partial charge in [-0.05, 0) is 57.2 Å². The number of amides is 1. The van der Waals surface area contributed by atoms with Gasteiger partial charge in [-0.1, -0.05) is 12.1 Å². The third-order valence-corrected chi connectivity index (χ3v) is 6.30. The molecule has 1 aliphatic rings. The number of imidazole rings is 1. The molecule has 9 heteroatoms. The van der Waals surface area contributed by atoms with E-state index >= 15 is 0 Å². The maximum Gasteiger partial charge on any atom is 0.252 e. The van der Waals surface area contributed by atoms with Crippen LogP contribution in [0.25, 0.3) is 33.3 Å². The lowest BCUT2D eigenvalue weighted by Crippen LogP contribution is -2.27. The molecule has 1 unspecified atom stereocenters. The predicted octanol–water partition coefficient (Wildman–Crippen LogP) is 4.82. The Bertz CT molecular complexity index is 1570. The monoisotopic (exact) mass is 482 g/mol. The summed E-state index contributed by atoms with van der Waals surface area (Å²) in [4.78, 5) is 26.4. The van der Waals surface area contributed by atoms with E-state index < -0.39 is 0 Å². The van der Waals surface area contributed by atoms with Crippen molar-refractivity contribution >= 4 is 28.0 Å². The molecule has 3 aromatic heterocycles. The molecule has 4 heterocycles. The summed E-state index contributed by atoms with van der Waals surface area (Å²) in [6.45, 7) is 7.00. The average Bonchev–Trinajstić information content (AvgIpc) is 3.52. The van der Waals surface area contributed by atoms with Crippen LogP contribution in [0.3, 0.4) is 0 Å². The van der Waals surface area contributed by atoms with Gasteiger partial charge in [0, 0.05) is 11.6 Å². The molecule has 0 saturated heterocycles. The topological polar surface area (TPSA) is 107 Å². The van der Waals surface area contributed by atoms with E-state index in [1.54, 1.807) is 12.3 Å². The zero-order valence-electron chi connectivity index (χ0n) is 20.3. The van der Waals surface area contributed by atoms with Crippen molar-refractivity contribution < 1.29 is 14.3 Å². The zero-order chi connectivity index (χ0) is 24.8. The molecule has 1 aliphatic heterocycles. The van der Waals surface area contributed by atoms with Gasteiger partial charge in [0.05, 0.1) is 39.9 Å². The fourth-order valence-electron chi connectivity index (χ4n) is 4.45. The molecule has 0 aliphatic carbocycles. The number of carbonyl (C=O) groups excluding carboxylic acids is 1. The highest BCUT2D eigenvalue weighted by atomic mass is 16.6. The number of hydrogen-bond acceptors (Lipinski definition) is 6. The van der Waals surface area contributed by atoms with Crippen LogP contribution < -0.4 is 14.8 Å². The summed E-state index contributed by atoms with van der Waals surface area (Å²) in [5.41, 5.74) is 4.43. The quantitative estimate of drug-likeness (QED) is 0.372. The summed E-state index contributed by atoms with van der Waals surface area (Å²) in [5.74, 6) is 1.84. The fourth-order valence-corrected chi connectivity index (χ4v) is 4.45. The first-order valence-electron chi connectivity index (χ1n) is 12.0. The lowest BCUT2D eigenvalue weighted by Gasteiger charge is -2.19. The standard InChI is InChI=1S/C27H26N6O3/c1-15(2)33-26-19(14-28-33)18(13-22(32-26)17-8-9-23-24(12-17)36-11-10-35-23)27(34)29-16(3)25-30-20-6-4-5-7-21(20)31-25/h4-9,12-16H,10-11H2,1-3H3,(H,29,34)(H,30,31). The number of nitrogens with zero attached hydrogens (tertiary/aromatic N) is 4. The Labute approximate surface area is 207 Å². The van der Waals surface area contributed by atoms with E-state index in [2.05, 4.69) is 20.4 Å². The number of H-pyrrole nitrogens is 1. The van der Waals surface area contributed by atoms with Crippen LogP contribution in [0.2, 0.25) is 0 Å². The molecule has 2 aromatic carbocycles. The minimum absolute atomic E-state index is 0.0795. The van der Waals surface area contributed by atoms with E-state index in [1.807, 2.05) is 67.9 Å². The molecule has 2 N–H and O–H groups in total. The van der Waals surface area contributed by atoms with Crippen molar-refractivity contribution in [3.8, 4) is 22.8 Å². The fraction of sp³-hybridized carbons (Fsp3) is 0.259. The largest absolute Gasteiger partial charge is 0.486 e. The summed E-state index contributed by atoms with van der Waals surface area (Å²) in [6, 6.07) is 15.1. The molecule has 0 fully saturated rings. The minimum Gasteiger partial charge on any atom is -0.486 e. The van der Waals surface area contributed by atoms with Gasteiger partial charge in [0.25, 0.3) is 5.91 Å². The first kappa shape index (κ1) is 22.1. The number of hydrogen-bond donors (Lipinski definition) is 2. The average molecular weight is 483 g/mol. The van der Waals surface area contributed by atoms with E-state index in [4.69, 9.17) is 14.5 Å². The maximum absolute atomic E-state index is 13.6. The van der Waals surface area contributed by atoms with Crippen molar-refractivity contribution in [2.45, 2.75) is 32.9 Å². The van der Waals surface area contributed by atoms with Gasteiger partial charge in [-0.3, -0.25) is 4.79 Å². The third-order valence-electron chi connectivity index (χ3n) is 6.30. The maximum atomic E-state index is 13.6. The first-order chi connectivity index (χ1) is 17.5. The summed E-state index contributed by atoms with van der Waals surface area (Å²) in [7, 11) is 0. The van der Waals surface area contributed by atoms with Gasteiger partial charge in [-0.15, -0.1) is 0 Å². The molecule has 0 spiro atoms. The molecule has 9 nitrogen and oxygen atoms in total. The van der Waals surface area contributed by atoms with Crippen LogP contribution in [0.5, 0.6) is 11.5 Å². The van der Waals surface area contributed by atoms with Crippen molar-refractivity contribution in [1.82, 2.24) is 30.0 Å². The van der Waals surface area contributed by atoms with Crippen molar-refractivity contribution in [3.05, 3.63) is 66.1 Å². The Hall–Kier alpha value is -4.40. The Morgan fingerprint density at radius 3 is 2.64 bits per heavy atom. The Morgan fingerprint density at radius 2 is 1.83 bits per heavy atom. The molecule has 6 rings (SSSR count). The van der Waals surface area contributed by atoms with Gasteiger partial charge in [0.1, 0.15) is 19.0 Å². The minimum atomic E-state index is -0.328. The molecule has 5 aromatic rings. The second-order valence-corrected chi connectivity index (χ2v) is 9.17. The summed E-state index contributed by atoms with van der Waals surface area (Å²) >= 11 is 0. The molecular formula is C27H26N6O3. The number of carbonyl (C=O) groups is 1. The van der Waals surface area contributed by atoms with Gasteiger partial charge in [0.2, 0.25) is 0 Å². The number of fused-ring (bicyclic) bond motifs is 3. The van der Waals surface area contributed by atoms with Gasteiger partial charge in [-0.2, -0.15) is 5.10 Å². The van der Waals surface area contributed by atoms with E-state index in [-0.39, 0.29) is 18.0 Å². The van der Waals surface area contributed by atoms with Crippen LogP contribution in [0.15, 0.2) is 54.7 Å². The molecular weight excluding hydrogens is 456 g/mol. The number of rotatable bonds is 5. The van der Waals surface area contributed by atoms with E-state index in [9.17, 15) is 4.79 Å². The normalized spacial score (nSPS) is 13.9. The lowest BCUT2D eigenvalue weighted by molar-refractivity contribution is 0.0940. The lowest BCUT2D eigenvalue weighted by atomic mass is 10.1. The van der Waals surface area contributed by atoms with E-state index in [0.717, 1.165) is 16.6 Å². The second kappa shape index (κ2) is 8.67. The summed E-state index contributed by atoms with van der Waals surface area (Å²) < 4.78 is 13.3. The molecule has 0 radical (unpaired) electrons. The Morgan fingerprint density at radius 1 is 1.03 bits per heavy atom. The van der Waals surface area contributed by atoms with Gasteiger partial charge < -0.3 is 19.8 Å². The van der Waals surface area contributed by atoms with Crippen molar-refractivity contribution in [2.75, 3.05) is 13.2 Å². The Kier molecular flexibility index (Phi) is 5.32. The summed E-state index contributed by atoms with van der Waals surface area (Å²) in [6.07, 6.45) is 1.71. The number of aromatic amines is 1. The number of pyridine rings is 1. The molecule has 1 amide bonds. The SMILES string of the molecule is CC(NC(=O)c1cc(-c2ccc3c(c2)OCCO3)nc2c1cnn2C(C)C)c1nc2ccccc2[nH]1. The predicted molar refractivity (Wildman–Crippen MR) is 136 cm³/mol. The number of nitrogens with one attached hydrogen (secondary N) is 2. The molecule has 1 atom stereocenters. The Balaban J connectivity index is 1.40. The smallest absolute Gasteiger partial charge is 0.252 e. The summed E-state index contributed by atoms with van der Waals surface area (Å²) in [5, 5.41) is 8.30. The first-order valence-corrected chi connectivity index (χ1v) is 12.0. The second-order valence-electron chi connectivity index (χ2n) is 9.17. The zero-order valence-corrected chi connectivity index (χ0v) is 20.3. The number of ether oxygens (including phenoxy) is 2. The molecule has 0 saturated carbocycles. The number of aromatic nitrogens is 5. The van der Waals surface area contributed by atoms with Crippen molar-refractivity contribution in [1.29, 1.82) is 0 Å². The highest BCUT2D eigenvalue weighted by Crippen LogP contribution is 2.35. The van der Waals surface area contributed by atoms with E-state index in [1.165, 1.54) is 0 Å². The highest BCUT2D eigenvalue weighted by molar-refractivity contribution is 6.06. The highest BCUT2D eigenvalue weighted by Gasteiger charge is 2.22. The van der Waals surface area contributed by atoms with Gasteiger partial charge in [0.15, 0.2) is 17.1 Å². The van der Waals surface area contributed by atoms with Crippen LogP contribution in [-0.2, 0) is 0 Å². The molecule has 182 valence electrons. The van der Waals surface area contributed by atoms with Crippen molar-refractivity contribution in [2.24, 2.45) is 0 Å². The number of benzene rings is 2. The van der Waals surface area contributed by atoms with Crippen LogP contribution >= 0.6 is 0 Å². The van der Waals surface area contributed by atoms with Gasteiger partial charge in [-0.25, -0.2) is 14.6 Å². The molecule has 0 bridgehead atoms. The van der Waals surface area contributed by atoms with Gasteiger partial charge >= 0.3 is 0 Å². The number of para-hydroxylation sites is 2. The van der Waals surface area contributed by atoms with Crippen LogP contribution in [0.4, 0.5) is 0 Å². The third kappa shape index (κ3) is 3.82. The van der Waals surface area contributed by atoms with Crippen LogP contribution in [0, 0.1) is 0 Å².